The van der Waals surface area contributed by atoms with Crippen molar-refractivity contribution in [1.82, 2.24) is 29.5 Å². The molecule has 5 aromatic rings. The van der Waals surface area contributed by atoms with E-state index in [0.29, 0.717) is 11.3 Å². The fourth-order valence-electron chi connectivity index (χ4n) is 3.76. The number of fused-ring (bicyclic) bond motifs is 2. The summed E-state index contributed by atoms with van der Waals surface area (Å²) in [5, 5.41) is 0.874. The number of hydrogen-bond acceptors (Lipinski definition) is 5. The molecule has 5 rings (SSSR count). The number of carbonyl (C=O) groups is 1. The lowest BCUT2D eigenvalue weighted by Gasteiger charge is -2.13. The van der Waals surface area contributed by atoms with Crippen LogP contribution in [0.4, 0.5) is 0 Å². The van der Waals surface area contributed by atoms with Gasteiger partial charge in [-0.05, 0) is 29.7 Å². The minimum Gasteiger partial charge on any atom is -0.364 e. The van der Waals surface area contributed by atoms with Crippen LogP contribution in [0, 0.1) is 0 Å². The fraction of sp³-hybridized carbons (Fsp3) is 0.136. The van der Waals surface area contributed by atoms with E-state index in [1.54, 1.807) is 12.4 Å². The Morgan fingerprint density at radius 3 is 2.74 bits per heavy atom. The number of benzene rings is 1. The van der Waals surface area contributed by atoms with Crippen molar-refractivity contribution in [1.29, 1.82) is 0 Å². The van der Waals surface area contributed by atoms with E-state index in [4.69, 9.17) is 5.73 Å². The fourth-order valence-corrected chi connectivity index (χ4v) is 3.76. The highest BCUT2D eigenvalue weighted by Gasteiger charge is 2.22. The monoisotopic (exact) mass is 413 g/mol. The van der Waals surface area contributed by atoms with E-state index in [9.17, 15) is 9.59 Å². The Balaban J connectivity index is 1.84. The van der Waals surface area contributed by atoms with Gasteiger partial charge in [-0.3, -0.25) is 4.79 Å². The number of aromatic nitrogens is 6. The van der Waals surface area contributed by atoms with Crippen LogP contribution in [-0.2, 0) is 0 Å². The van der Waals surface area contributed by atoms with Crippen LogP contribution in [0.25, 0.3) is 39.3 Å². The molecule has 0 fully saturated rings. The summed E-state index contributed by atoms with van der Waals surface area (Å²) in [4.78, 5) is 44.2. The van der Waals surface area contributed by atoms with Gasteiger partial charge in [-0.25, -0.2) is 24.3 Å². The van der Waals surface area contributed by atoms with Crippen molar-refractivity contribution in [2.45, 2.75) is 19.8 Å². The molecular formula is C22H19N7O2. The Kier molecular flexibility index (Phi) is 4.18. The molecule has 0 unspecified atom stereocenters. The van der Waals surface area contributed by atoms with Crippen LogP contribution in [0.3, 0.4) is 0 Å². The molecule has 4 N–H and O–H groups in total. The molecule has 0 atom stereocenters. The summed E-state index contributed by atoms with van der Waals surface area (Å²) in [7, 11) is 0. The molecule has 0 aliphatic carbocycles. The number of carbonyl (C=O) groups excluding carboxylic acids is 1. The molecule has 0 bridgehead atoms. The summed E-state index contributed by atoms with van der Waals surface area (Å²) >= 11 is 0. The van der Waals surface area contributed by atoms with E-state index < -0.39 is 11.6 Å². The van der Waals surface area contributed by atoms with Gasteiger partial charge in [0.15, 0.2) is 17.2 Å². The van der Waals surface area contributed by atoms with Gasteiger partial charge < -0.3 is 15.7 Å². The molecule has 31 heavy (non-hydrogen) atoms. The zero-order valence-corrected chi connectivity index (χ0v) is 16.9. The first-order valence-corrected chi connectivity index (χ1v) is 9.79. The van der Waals surface area contributed by atoms with Crippen LogP contribution in [0.1, 0.15) is 35.8 Å². The minimum atomic E-state index is -0.755. The van der Waals surface area contributed by atoms with E-state index in [2.05, 4.69) is 24.9 Å². The maximum atomic E-state index is 12.9. The van der Waals surface area contributed by atoms with Crippen molar-refractivity contribution < 1.29 is 4.79 Å². The Hall–Kier alpha value is -4.27. The molecule has 9 nitrogen and oxygen atoms in total. The first kappa shape index (κ1) is 18.7. The molecule has 4 heterocycles. The summed E-state index contributed by atoms with van der Waals surface area (Å²) in [5.41, 5.74) is 8.61. The van der Waals surface area contributed by atoms with E-state index >= 15 is 0 Å². The lowest BCUT2D eigenvalue weighted by Crippen LogP contribution is -2.17. The Morgan fingerprint density at radius 2 is 1.97 bits per heavy atom. The summed E-state index contributed by atoms with van der Waals surface area (Å²) in [6.07, 6.45) is 3.40. The second-order valence-corrected chi connectivity index (χ2v) is 7.58. The first-order chi connectivity index (χ1) is 14.9. The number of nitrogens with one attached hydrogen (secondary N) is 2. The third-order valence-electron chi connectivity index (χ3n) is 5.23. The predicted octanol–water partition coefficient (Wildman–Crippen LogP) is 2.87. The molecule has 1 aromatic carbocycles. The minimum absolute atomic E-state index is 0.0490. The standard InChI is InChI=1S/C22H19N7O2/c1-11(2)14-5-3-4-6-15(14)29-21-17(27-22(29)31)16(18(23)30)26-20(28-21)13-9-12-7-8-24-19(12)25-10-13/h3-11H,1-2H3,(H2,23,30)(H,24,25)(H,27,31). The van der Waals surface area contributed by atoms with Gasteiger partial charge in [0.25, 0.3) is 5.91 Å². The van der Waals surface area contributed by atoms with E-state index in [1.165, 1.54) is 4.57 Å². The molecule has 1 amide bonds. The smallest absolute Gasteiger partial charge is 0.332 e. The zero-order chi connectivity index (χ0) is 21.7. The number of amides is 1. The first-order valence-electron chi connectivity index (χ1n) is 9.79. The van der Waals surface area contributed by atoms with E-state index in [1.807, 2.05) is 50.2 Å². The number of para-hydroxylation sites is 1. The maximum Gasteiger partial charge on any atom is 0.332 e. The predicted molar refractivity (Wildman–Crippen MR) is 117 cm³/mol. The molecule has 0 aliphatic rings. The van der Waals surface area contributed by atoms with Gasteiger partial charge in [-0.15, -0.1) is 0 Å². The van der Waals surface area contributed by atoms with Crippen LogP contribution in [0.15, 0.2) is 53.6 Å². The molecule has 0 radical (unpaired) electrons. The number of H-pyrrole nitrogens is 2. The van der Waals surface area contributed by atoms with Crippen LogP contribution >= 0.6 is 0 Å². The van der Waals surface area contributed by atoms with Crippen LogP contribution in [0.2, 0.25) is 0 Å². The Bertz CT molecular complexity index is 1520. The number of rotatable bonds is 4. The number of primary amides is 1. The van der Waals surface area contributed by atoms with E-state index in [0.717, 1.165) is 16.6 Å². The molecule has 0 spiro atoms. The second kappa shape index (κ2) is 6.91. The van der Waals surface area contributed by atoms with Gasteiger partial charge >= 0.3 is 5.69 Å². The zero-order valence-electron chi connectivity index (χ0n) is 16.9. The molecule has 0 saturated carbocycles. The van der Waals surface area contributed by atoms with Gasteiger partial charge in [0, 0.05) is 23.3 Å². The third-order valence-corrected chi connectivity index (χ3v) is 5.23. The SMILES string of the molecule is CC(C)c1ccccc1-n1c(=O)[nH]c2c(C(N)=O)nc(-c3cnc4[nH]ccc4c3)nc21. The highest BCUT2D eigenvalue weighted by molar-refractivity contribution is 6.02. The molecule has 4 aromatic heterocycles. The highest BCUT2D eigenvalue weighted by atomic mass is 16.2. The lowest BCUT2D eigenvalue weighted by atomic mass is 10.0. The summed E-state index contributed by atoms with van der Waals surface area (Å²) in [5.74, 6) is -0.327. The molecule has 0 aliphatic heterocycles. The van der Waals surface area contributed by atoms with Crippen molar-refractivity contribution in [3.63, 3.8) is 0 Å². The van der Waals surface area contributed by atoms with Crippen molar-refractivity contribution in [2.24, 2.45) is 5.73 Å². The number of nitrogens with zero attached hydrogens (tertiary/aromatic N) is 4. The largest absolute Gasteiger partial charge is 0.364 e. The molecule has 9 heteroatoms. The summed E-state index contributed by atoms with van der Waals surface area (Å²) in [6.45, 7) is 4.09. The van der Waals surface area contributed by atoms with Crippen molar-refractivity contribution >= 4 is 28.1 Å². The molecular weight excluding hydrogens is 394 g/mol. The van der Waals surface area contributed by atoms with Crippen molar-refractivity contribution in [3.8, 4) is 17.1 Å². The lowest BCUT2D eigenvalue weighted by molar-refractivity contribution is 0.0997. The van der Waals surface area contributed by atoms with Gasteiger partial charge in [0.2, 0.25) is 0 Å². The van der Waals surface area contributed by atoms with Crippen LogP contribution in [-0.4, -0.2) is 35.4 Å². The molecule has 154 valence electrons. The average Bonchev–Trinajstić information content (AvgIpc) is 3.35. The van der Waals surface area contributed by atoms with Gasteiger partial charge in [-0.2, -0.15) is 0 Å². The third kappa shape index (κ3) is 2.98. The van der Waals surface area contributed by atoms with Gasteiger partial charge in [-0.1, -0.05) is 32.0 Å². The second-order valence-electron chi connectivity index (χ2n) is 7.58. The van der Waals surface area contributed by atoms with Crippen LogP contribution < -0.4 is 11.4 Å². The number of nitrogens with two attached hydrogens (primary N) is 1. The van der Waals surface area contributed by atoms with E-state index in [-0.39, 0.29) is 28.6 Å². The van der Waals surface area contributed by atoms with Crippen molar-refractivity contribution in [2.75, 3.05) is 0 Å². The maximum absolute atomic E-state index is 12.9. The molecule has 0 saturated heterocycles. The van der Waals surface area contributed by atoms with Gasteiger partial charge in [0.1, 0.15) is 11.2 Å². The number of pyridine rings is 1. The number of imidazole rings is 1. The summed E-state index contributed by atoms with van der Waals surface area (Å²) < 4.78 is 1.46. The van der Waals surface area contributed by atoms with Crippen LogP contribution in [0.5, 0.6) is 0 Å². The quantitative estimate of drug-likeness (QED) is 0.416. The average molecular weight is 413 g/mol. The Morgan fingerprint density at radius 1 is 1.16 bits per heavy atom. The van der Waals surface area contributed by atoms with Crippen molar-refractivity contribution in [3.05, 3.63) is 70.5 Å². The normalized spacial score (nSPS) is 11.6. The number of hydrogen-bond donors (Lipinski definition) is 3. The Labute approximate surface area is 176 Å². The van der Waals surface area contributed by atoms with Gasteiger partial charge in [0.05, 0.1) is 5.69 Å². The summed E-state index contributed by atoms with van der Waals surface area (Å²) in [6, 6.07) is 11.3. The topological polar surface area (TPSA) is 135 Å². The number of aromatic amines is 2. The highest BCUT2D eigenvalue weighted by Crippen LogP contribution is 2.27.